The highest BCUT2D eigenvalue weighted by Gasteiger charge is 2.58. The number of aromatic carboxylic acids is 1. The molecule has 1 amide bonds. The van der Waals surface area contributed by atoms with Crippen molar-refractivity contribution in [2.45, 2.75) is 38.6 Å². The Morgan fingerprint density at radius 3 is 2.74 bits per heavy atom. The molecule has 5 heteroatoms. The second-order valence-corrected chi connectivity index (χ2v) is 5.62. The van der Waals surface area contributed by atoms with E-state index in [-0.39, 0.29) is 24.1 Å². The molecule has 1 spiro atoms. The second kappa shape index (κ2) is 4.40. The van der Waals surface area contributed by atoms with Gasteiger partial charge in [0.2, 0.25) is 11.7 Å². The molecule has 0 bridgehead atoms. The number of carbonyl (C=O) groups is 2. The first-order chi connectivity index (χ1) is 9.11. The first-order valence-electron chi connectivity index (χ1n) is 6.70. The predicted octanol–water partition coefficient (Wildman–Crippen LogP) is 2.17. The monoisotopic (exact) mass is 263 g/mol. The van der Waals surface area contributed by atoms with E-state index >= 15 is 0 Å². The van der Waals surface area contributed by atoms with Crippen LogP contribution in [0.2, 0.25) is 0 Å². The Balaban J connectivity index is 1.52. The van der Waals surface area contributed by atoms with Crippen LogP contribution in [0.5, 0.6) is 0 Å². The number of carboxylic acid groups (broad SMARTS) is 1. The van der Waals surface area contributed by atoms with Gasteiger partial charge in [-0.3, -0.25) is 4.79 Å². The lowest BCUT2D eigenvalue weighted by Gasteiger charge is -2.08. The zero-order valence-electron chi connectivity index (χ0n) is 10.6. The first-order valence-corrected chi connectivity index (χ1v) is 6.70. The number of nitrogens with one attached hydrogen (secondary N) is 1. The Hall–Kier alpha value is -1.78. The Bertz CT molecular complexity index is 513. The van der Waals surface area contributed by atoms with E-state index in [2.05, 4.69) is 5.32 Å². The fourth-order valence-electron chi connectivity index (χ4n) is 3.24. The number of hydrogen-bond donors (Lipinski definition) is 2. The van der Waals surface area contributed by atoms with E-state index in [1.54, 1.807) is 6.07 Å². The Kier molecular flexibility index (Phi) is 2.84. The van der Waals surface area contributed by atoms with E-state index < -0.39 is 5.97 Å². The van der Waals surface area contributed by atoms with Gasteiger partial charge in [0, 0.05) is 5.92 Å². The van der Waals surface area contributed by atoms with Crippen LogP contribution in [0.4, 0.5) is 0 Å². The zero-order valence-corrected chi connectivity index (χ0v) is 10.6. The molecule has 19 heavy (non-hydrogen) atoms. The van der Waals surface area contributed by atoms with Gasteiger partial charge in [0.1, 0.15) is 5.76 Å². The largest absolute Gasteiger partial charge is 0.475 e. The lowest BCUT2D eigenvalue weighted by molar-refractivity contribution is -0.123. The zero-order chi connectivity index (χ0) is 13.5. The molecule has 2 saturated carbocycles. The minimum atomic E-state index is -1.09. The maximum absolute atomic E-state index is 12.0. The smallest absolute Gasteiger partial charge is 0.371 e. The molecular formula is C14H17NO4. The quantitative estimate of drug-likeness (QED) is 0.872. The Morgan fingerprint density at radius 2 is 2.11 bits per heavy atom. The van der Waals surface area contributed by atoms with Gasteiger partial charge in [-0.25, -0.2) is 4.79 Å². The third-order valence-electron chi connectivity index (χ3n) is 4.41. The minimum Gasteiger partial charge on any atom is -0.475 e. The normalized spacial score (nSPS) is 23.5. The van der Waals surface area contributed by atoms with Crippen LogP contribution in [0.15, 0.2) is 16.5 Å². The van der Waals surface area contributed by atoms with E-state index in [1.807, 2.05) is 0 Å². The van der Waals surface area contributed by atoms with Crippen molar-refractivity contribution >= 4 is 11.9 Å². The molecule has 1 atom stereocenters. The van der Waals surface area contributed by atoms with Gasteiger partial charge in [-0.2, -0.15) is 0 Å². The summed E-state index contributed by atoms with van der Waals surface area (Å²) in [5.41, 5.74) is 0.291. The molecule has 2 fully saturated rings. The molecule has 1 aromatic rings. The van der Waals surface area contributed by atoms with Gasteiger partial charge < -0.3 is 14.8 Å². The molecule has 102 valence electrons. The van der Waals surface area contributed by atoms with E-state index in [0.717, 1.165) is 6.42 Å². The van der Waals surface area contributed by atoms with Crippen molar-refractivity contribution in [2.75, 3.05) is 0 Å². The average Bonchev–Trinajstić information content (AvgIpc) is 2.78. The summed E-state index contributed by atoms with van der Waals surface area (Å²) >= 11 is 0. The van der Waals surface area contributed by atoms with Crippen LogP contribution < -0.4 is 5.32 Å². The molecule has 3 rings (SSSR count). The van der Waals surface area contributed by atoms with Crippen molar-refractivity contribution in [1.29, 1.82) is 0 Å². The molecule has 0 saturated heterocycles. The summed E-state index contributed by atoms with van der Waals surface area (Å²) in [5.74, 6) is -0.474. The van der Waals surface area contributed by atoms with Crippen LogP contribution in [0.25, 0.3) is 0 Å². The second-order valence-electron chi connectivity index (χ2n) is 5.62. The highest BCUT2D eigenvalue weighted by Crippen LogP contribution is 2.62. The summed E-state index contributed by atoms with van der Waals surface area (Å²) in [6.07, 6.45) is 5.84. The number of carboxylic acids is 1. The van der Waals surface area contributed by atoms with Crippen molar-refractivity contribution < 1.29 is 19.1 Å². The number of furan rings is 1. The first kappa shape index (κ1) is 12.3. The van der Waals surface area contributed by atoms with Gasteiger partial charge >= 0.3 is 5.97 Å². The van der Waals surface area contributed by atoms with Gasteiger partial charge in [0.25, 0.3) is 0 Å². The number of amides is 1. The summed E-state index contributed by atoms with van der Waals surface area (Å²) in [6, 6.07) is 2.99. The van der Waals surface area contributed by atoms with Gasteiger partial charge in [0.05, 0.1) is 6.54 Å². The molecule has 5 nitrogen and oxygen atoms in total. The topological polar surface area (TPSA) is 79.5 Å². The number of rotatable bonds is 4. The van der Waals surface area contributed by atoms with Crippen LogP contribution in [0, 0.1) is 11.3 Å². The summed E-state index contributed by atoms with van der Waals surface area (Å²) in [6.45, 7) is 0.263. The summed E-state index contributed by atoms with van der Waals surface area (Å²) in [4.78, 5) is 22.7. The molecule has 0 aromatic carbocycles. The fraction of sp³-hybridized carbons (Fsp3) is 0.571. The maximum Gasteiger partial charge on any atom is 0.371 e. The van der Waals surface area contributed by atoms with Crippen molar-refractivity contribution in [3.63, 3.8) is 0 Å². The molecule has 1 aromatic heterocycles. The SMILES string of the molecule is O=C(O)c1ccc(CNC(=O)C2CC23CCCC3)o1. The Labute approximate surface area is 111 Å². The van der Waals surface area contributed by atoms with Crippen LogP contribution in [-0.2, 0) is 11.3 Å². The molecular weight excluding hydrogens is 246 g/mol. The molecule has 2 N–H and O–H groups in total. The van der Waals surface area contributed by atoms with Gasteiger partial charge in [0.15, 0.2) is 0 Å². The lowest BCUT2D eigenvalue weighted by Crippen LogP contribution is -2.26. The highest BCUT2D eigenvalue weighted by atomic mass is 16.4. The van der Waals surface area contributed by atoms with E-state index in [0.29, 0.717) is 11.2 Å². The van der Waals surface area contributed by atoms with Crippen molar-refractivity contribution in [3.8, 4) is 0 Å². The van der Waals surface area contributed by atoms with Crippen LogP contribution in [-0.4, -0.2) is 17.0 Å². The van der Waals surface area contributed by atoms with Crippen LogP contribution >= 0.6 is 0 Å². The summed E-state index contributed by atoms with van der Waals surface area (Å²) in [7, 11) is 0. The van der Waals surface area contributed by atoms with E-state index in [1.165, 1.54) is 31.7 Å². The van der Waals surface area contributed by atoms with Crippen molar-refractivity contribution in [2.24, 2.45) is 11.3 Å². The van der Waals surface area contributed by atoms with Crippen LogP contribution in [0.1, 0.15) is 48.4 Å². The van der Waals surface area contributed by atoms with Gasteiger partial charge in [-0.15, -0.1) is 0 Å². The number of carbonyl (C=O) groups excluding carboxylic acids is 1. The maximum atomic E-state index is 12.0. The van der Waals surface area contributed by atoms with Gasteiger partial charge in [-0.1, -0.05) is 12.8 Å². The standard InChI is InChI=1S/C14H17NO4/c16-12(10-7-14(10)5-1-2-6-14)15-8-9-3-4-11(19-9)13(17)18/h3-4,10H,1-2,5-8H2,(H,15,16)(H,17,18). The lowest BCUT2D eigenvalue weighted by atomic mass is 10.0. The fourth-order valence-corrected chi connectivity index (χ4v) is 3.24. The third-order valence-corrected chi connectivity index (χ3v) is 4.41. The predicted molar refractivity (Wildman–Crippen MR) is 66.5 cm³/mol. The van der Waals surface area contributed by atoms with Crippen molar-refractivity contribution in [1.82, 2.24) is 5.32 Å². The molecule has 2 aliphatic rings. The number of hydrogen-bond acceptors (Lipinski definition) is 3. The summed E-state index contributed by atoms with van der Waals surface area (Å²) in [5, 5.41) is 11.6. The molecule has 0 radical (unpaired) electrons. The van der Waals surface area contributed by atoms with Crippen molar-refractivity contribution in [3.05, 3.63) is 23.7 Å². The van der Waals surface area contributed by atoms with Crippen LogP contribution in [0.3, 0.4) is 0 Å². The summed E-state index contributed by atoms with van der Waals surface area (Å²) < 4.78 is 5.10. The van der Waals surface area contributed by atoms with Gasteiger partial charge in [-0.05, 0) is 36.8 Å². The molecule has 1 unspecified atom stereocenters. The highest BCUT2D eigenvalue weighted by molar-refractivity contribution is 5.84. The van der Waals surface area contributed by atoms with E-state index in [9.17, 15) is 9.59 Å². The molecule has 1 heterocycles. The third kappa shape index (κ3) is 2.25. The Morgan fingerprint density at radius 1 is 1.37 bits per heavy atom. The minimum absolute atomic E-state index is 0.0789. The molecule has 2 aliphatic carbocycles. The molecule has 0 aliphatic heterocycles. The van der Waals surface area contributed by atoms with E-state index in [4.69, 9.17) is 9.52 Å². The average molecular weight is 263 g/mol.